The number of hydrogen-bond acceptors (Lipinski definition) is 3. The van der Waals surface area contributed by atoms with Gasteiger partial charge in [-0.25, -0.2) is 9.48 Å². The first-order valence-electron chi connectivity index (χ1n) is 6.02. The fourth-order valence-corrected chi connectivity index (χ4v) is 2.75. The van der Waals surface area contributed by atoms with E-state index in [2.05, 4.69) is 11.7 Å². The Morgan fingerprint density at radius 3 is 2.80 bits per heavy atom. The molecule has 20 heavy (non-hydrogen) atoms. The largest absolute Gasteiger partial charge is 0.478 e. The summed E-state index contributed by atoms with van der Waals surface area (Å²) in [7, 11) is 0. The van der Waals surface area contributed by atoms with Crippen LogP contribution in [0.5, 0.6) is 0 Å². The van der Waals surface area contributed by atoms with E-state index in [0.717, 1.165) is 27.9 Å². The maximum Gasteiger partial charge on any atom is 0.335 e. The van der Waals surface area contributed by atoms with Crippen LogP contribution in [-0.4, -0.2) is 20.9 Å². The van der Waals surface area contributed by atoms with E-state index in [4.69, 9.17) is 5.11 Å². The third-order valence-electron chi connectivity index (χ3n) is 3.08. The summed E-state index contributed by atoms with van der Waals surface area (Å²) in [6, 6.07) is 6.98. The van der Waals surface area contributed by atoms with Gasteiger partial charge in [-0.1, -0.05) is 6.58 Å². The topological polar surface area (TPSA) is 55.1 Å². The highest BCUT2D eigenvalue weighted by Crippen LogP contribution is 2.27. The summed E-state index contributed by atoms with van der Waals surface area (Å²) >= 11 is 1.57. The Bertz CT molecular complexity index is 816. The number of carboxylic acid groups (broad SMARTS) is 1. The number of thiophene rings is 1. The molecule has 0 atom stereocenters. The van der Waals surface area contributed by atoms with Crippen molar-refractivity contribution in [1.82, 2.24) is 9.78 Å². The maximum absolute atomic E-state index is 11.1. The lowest BCUT2D eigenvalue weighted by Crippen LogP contribution is -1.98. The Balaban J connectivity index is 2.35. The fourth-order valence-electron chi connectivity index (χ4n) is 2.14. The molecule has 2 heterocycles. The van der Waals surface area contributed by atoms with Crippen molar-refractivity contribution in [2.24, 2.45) is 0 Å². The lowest BCUT2D eigenvalue weighted by Gasteiger charge is -2.00. The quantitative estimate of drug-likeness (QED) is 0.795. The van der Waals surface area contributed by atoms with Gasteiger partial charge in [0.1, 0.15) is 0 Å². The molecule has 1 N–H and O–H groups in total. The lowest BCUT2D eigenvalue weighted by atomic mass is 10.1. The van der Waals surface area contributed by atoms with Crippen molar-refractivity contribution >= 4 is 33.8 Å². The number of aromatic nitrogens is 2. The van der Waals surface area contributed by atoms with Crippen LogP contribution in [-0.2, 0) is 0 Å². The number of allylic oxidation sites excluding steroid dienone is 1. The predicted octanol–water partition coefficient (Wildman–Crippen LogP) is 3.82. The van der Waals surface area contributed by atoms with E-state index in [1.165, 1.54) is 0 Å². The van der Waals surface area contributed by atoms with E-state index in [-0.39, 0.29) is 5.56 Å². The van der Waals surface area contributed by atoms with E-state index in [9.17, 15) is 4.79 Å². The van der Waals surface area contributed by atoms with E-state index < -0.39 is 5.97 Å². The molecule has 0 aliphatic heterocycles. The summed E-state index contributed by atoms with van der Waals surface area (Å²) in [4.78, 5) is 11.1. The van der Waals surface area contributed by atoms with E-state index in [0.29, 0.717) is 0 Å². The third-order valence-corrected chi connectivity index (χ3v) is 3.75. The molecule has 4 nitrogen and oxygen atoms in total. The Hall–Kier alpha value is -2.40. The molecule has 100 valence electrons. The number of nitrogens with zero attached hydrogens (tertiary/aromatic N) is 2. The van der Waals surface area contributed by atoms with Gasteiger partial charge in [-0.3, -0.25) is 0 Å². The molecular formula is C15H12N2O2S. The van der Waals surface area contributed by atoms with Crippen molar-refractivity contribution in [3.05, 3.63) is 52.9 Å². The van der Waals surface area contributed by atoms with Gasteiger partial charge < -0.3 is 5.11 Å². The van der Waals surface area contributed by atoms with E-state index in [1.54, 1.807) is 34.2 Å². The van der Waals surface area contributed by atoms with Gasteiger partial charge >= 0.3 is 5.97 Å². The van der Waals surface area contributed by atoms with Crippen LogP contribution in [0.25, 0.3) is 22.2 Å². The summed E-state index contributed by atoms with van der Waals surface area (Å²) in [6.07, 6.45) is 0. The molecule has 0 saturated heterocycles. The zero-order valence-corrected chi connectivity index (χ0v) is 11.6. The molecule has 0 spiro atoms. The number of carboxylic acids is 1. The van der Waals surface area contributed by atoms with Gasteiger partial charge in [-0.2, -0.15) is 16.4 Å². The van der Waals surface area contributed by atoms with Crippen LogP contribution >= 0.6 is 11.3 Å². The Morgan fingerprint density at radius 1 is 1.40 bits per heavy atom. The van der Waals surface area contributed by atoms with Gasteiger partial charge in [0.25, 0.3) is 0 Å². The SMILES string of the molecule is C=C(C)c1nn(-c2ccsc2)c2cc(C(=O)O)ccc12. The predicted molar refractivity (Wildman–Crippen MR) is 80.6 cm³/mol. The van der Waals surface area contributed by atoms with E-state index >= 15 is 0 Å². The number of benzene rings is 1. The summed E-state index contributed by atoms with van der Waals surface area (Å²) in [5, 5.41) is 18.5. The van der Waals surface area contributed by atoms with Gasteiger partial charge in [-0.15, -0.1) is 0 Å². The Kier molecular flexibility index (Phi) is 2.91. The smallest absolute Gasteiger partial charge is 0.335 e. The second-order valence-corrected chi connectivity index (χ2v) is 5.34. The minimum Gasteiger partial charge on any atom is -0.478 e. The van der Waals surface area contributed by atoms with Gasteiger partial charge in [0, 0.05) is 10.8 Å². The molecule has 1 aromatic carbocycles. The first-order chi connectivity index (χ1) is 9.58. The average Bonchev–Trinajstić information content (AvgIpc) is 3.04. The van der Waals surface area contributed by atoms with Gasteiger partial charge in [0.15, 0.2) is 0 Å². The second-order valence-electron chi connectivity index (χ2n) is 4.56. The van der Waals surface area contributed by atoms with Crippen molar-refractivity contribution in [3.63, 3.8) is 0 Å². The fraction of sp³-hybridized carbons (Fsp3) is 0.0667. The molecule has 3 rings (SSSR count). The summed E-state index contributed by atoms with van der Waals surface area (Å²) in [5.74, 6) is -0.943. The highest BCUT2D eigenvalue weighted by molar-refractivity contribution is 7.08. The van der Waals surface area contributed by atoms with Crippen molar-refractivity contribution in [2.45, 2.75) is 6.92 Å². The van der Waals surface area contributed by atoms with Crippen LogP contribution < -0.4 is 0 Å². The van der Waals surface area contributed by atoms with Gasteiger partial charge in [-0.05, 0) is 42.1 Å². The molecule has 5 heteroatoms. The van der Waals surface area contributed by atoms with Crippen molar-refractivity contribution in [1.29, 1.82) is 0 Å². The molecule has 0 aliphatic rings. The van der Waals surface area contributed by atoms with E-state index in [1.807, 2.05) is 23.8 Å². The molecule has 0 aliphatic carbocycles. The second kappa shape index (κ2) is 4.61. The summed E-state index contributed by atoms with van der Waals surface area (Å²) in [5.41, 5.74) is 3.61. The number of aromatic carboxylic acids is 1. The van der Waals surface area contributed by atoms with Crippen molar-refractivity contribution < 1.29 is 9.90 Å². The number of hydrogen-bond donors (Lipinski definition) is 1. The molecule has 0 fully saturated rings. The molecule has 0 unspecified atom stereocenters. The van der Waals surface area contributed by atoms with Crippen LogP contribution in [0.3, 0.4) is 0 Å². The van der Waals surface area contributed by atoms with Crippen LogP contribution in [0, 0.1) is 0 Å². The van der Waals surface area contributed by atoms with Crippen LogP contribution in [0.4, 0.5) is 0 Å². The first-order valence-corrected chi connectivity index (χ1v) is 6.97. The van der Waals surface area contributed by atoms with Crippen LogP contribution in [0.15, 0.2) is 41.6 Å². The molecule has 0 radical (unpaired) electrons. The monoisotopic (exact) mass is 284 g/mol. The summed E-state index contributed by atoms with van der Waals surface area (Å²) in [6.45, 7) is 5.83. The zero-order valence-electron chi connectivity index (χ0n) is 10.8. The Labute approximate surface area is 119 Å². The molecule has 0 bridgehead atoms. The molecule has 0 amide bonds. The minimum absolute atomic E-state index is 0.252. The first kappa shape index (κ1) is 12.6. The highest BCUT2D eigenvalue weighted by Gasteiger charge is 2.15. The van der Waals surface area contributed by atoms with Crippen molar-refractivity contribution in [2.75, 3.05) is 0 Å². The zero-order chi connectivity index (χ0) is 14.3. The van der Waals surface area contributed by atoms with Crippen LogP contribution in [0.2, 0.25) is 0 Å². The van der Waals surface area contributed by atoms with Crippen LogP contribution in [0.1, 0.15) is 23.0 Å². The number of fused-ring (bicyclic) bond motifs is 1. The number of carbonyl (C=O) groups is 1. The minimum atomic E-state index is -0.943. The molecular weight excluding hydrogens is 272 g/mol. The average molecular weight is 284 g/mol. The van der Waals surface area contributed by atoms with Crippen molar-refractivity contribution in [3.8, 4) is 5.69 Å². The normalized spacial score (nSPS) is 10.8. The lowest BCUT2D eigenvalue weighted by molar-refractivity contribution is 0.0697. The third kappa shape index (κ3) is 1.92. The van der Waals surface area contributed by atoms with Gasteiger partial charge in [0.05, 0.1) is 22.5 Å². The molecule has 0 saturated carbocycles. The number of rotatable bonds is 3. The molecule has 3 aromatic rings. The van der Waals surface area contributed by atoms with Gasteiger partial charge in [0.2, 0.25) is 0 Å². The maximum atomic E-state index is 11.1. The standard InChI is InChI=1S/C15H12N2O2S/c1-9(2)14-12-4-3-10(15(18)19)7-13(12)17(16-14)11-5-6-20-8-11/h3-8H,1H2,2H3,(H,18,19). The summed E-state index contributed by atoms with van der Waals surface area (Å²) < 4.78 is 1.77. The molecule has 2 aromatic heterocycles. The highest BCUT2D eigenvalue weighted by atomic mass is 32.1. The Morgan fingerprint density at radius 2 is 2.20 bits per heavy atom.